The number of hydrogen-bond acceptors (Lipinski definition) is 46. The Labute approximate surface area is 776 Å². The third-order valence-electron chi connectivity index (χ3n) is 21.8. The average molecular weight is 2130 g/mol. The number of nitrogens with two attached hydrogens (primary N) is 6. The van der Waals surface area contributed by atoms with Crippen LogP contribution in [-0.2, 0) is 142 Å². The second-order valence-corrected chi connectivity index (χ2v) is 48.7. The van der Waals surface area contributed by atoms with Crippen molar-refractivity contribution >= 4 is 220 Å². The van der Waals surface area contributed by atoms with Gasteiger partial charge >= 0.3 is 46.3 Å². The van der Waals surface area contributed by atoms with Gasteiger partial charge in [-0.1, -0.05) is 17.5 Å². The summed E-state index contributed by atoms with van der Waals surface area (Å²) in [4.78, 5) is 140. The van der Waals surface area contributed by atoms with Crippen molar-refractivity contribution in [2.45, 2.75) is 146 Å². The second kappa shape index (κ2) is 36.3. The molecule has 0 saturated carbocycles. The SMILES string of the molecule is Nc1nc2c(ncn2[C@@H]2O[C@@H]3COP(O)(=S)O[C@H]4C[C@H](c5cnc6c(N)ccnn56)O[C@@H]4COP(O)(=S)O[C@@H]2C3)c(=O)[nH]1.Nc1nc2c(ncn2[C@@H]2O[C@@H]3COP(O)(=S)O[C@H]4[C@H](F)[C@H](n5nnc6c(N)ccnc65)O[C@@H]4COP(O)(=S)O[C@@H]2C3(F)F)c(=O)[nH]1.Nc1nc2c(ncn2[C@@H]2S[C@@H]3COP(=O)(S)O[C@H]4[C@H](F)[C@H](n5cnc6c(N)ccnc65)O[C@@H]4COP(O)(=S)O[C@@H]2[C@H]3F)c(=O)[nH]1. The normalized spacial score (nSPS) is 36.6. The van der Waals surface area contributed by atoms with Crippen LogP contribution in [0.15, 0.2) is 82.7 Å². The Morgan fingerprint density at radius 2 is 0.970 bits per heavy atom. The minimum atomic E-state index is -4.64. The Bertz CT molecular complexity index is 7130. The molecule has 6 unspecified atom stereocenters. The summed E-state index contributed by atoms with van der Waals surface area (Å²) in [5.41, 5.74) is 35.2. The number of nitrogen functional groups attached to an aromatic ring is 6. The molecule has 0 amide bonds. The number of rotatable bonds is 6. The van der Waals surface area contributed by atoms with Gasteiger partial charge in [0.25, 0.3) is 16.7 Å². The predicted octanol–water partition coefficient (Wildman–Crippen LogP) is 2.53. The van der Waals surface area contributed by atoms with Crippen LogP contribution in [0.25, 0.3) is 61.5 Å². The van der Waals surface area contributed by atoms with Crippen molar-refractivity contribution in [3.63, 3.8) is 0 Å². The van der Waals surface area contributed by atoms with Crippen molar-refractivity contribution in [2.75, 3.05) is 74.0 Å². The zero-order valence-corrected chi connectivity index (χ0v) is 78.0. The Kier molecular flexibility index (Phi) is 25.9. The molecule has 12 aromatic heterocycles. The standard InChI is InChI=1S/C21H23F2N9O8P2S3.C21H25N9O9P2S2.C20H21F3N10O9P2S2/c22-10-9-4-37-42(35,44)39-14-8(38-19(11(14)23)31-5-27-12-7(24)1-2-26-16(12)31)3-36-41(34,43)40-15(10)20(45-9)32-6-28-13-17(32)29-21(25)30-18(13)33;22-10-1-2-26-30-11(5-24-17(10)30)12-4-13-15(37-12)7-35-41(33,43)39-14-3-9(6-34-40(32,42)38-13)36-20(14)29-8-25-16-18(29)27-21(23)28-19(16)31;21-9-12-7(39-17(9)33-14-10(30-31-33)6(24)1-2-26-14)3-37-44(36,46)42-13-18(32-5-27-11-15(32)28-19(25)29-16(11)34)40-8(20(13,22)23)4-38-43(35,45)41-12/h1-2,5-6,8-11,14-15,19-20H,3-4H2,(H2,24,26)(H,34,43)(H,35,44)(H3,25,29,30,33);1-2,5,8-9,12-15,20H,3-4,6-7,22H2,(H,32,42)(H,33,43)(H3,23,27,28,31);1-2,5,7-9,12-13,17-18H,3-4H2,(H2,24,26)(H,35,45)(H,36,46)(H3,25,28,29,34)/t8-,9-,10+,11+,14-,15-,19-,20-,41?,42?;9-,12+,13-,14+,15+,20+,40?,41?;7-,8-,9+,12-,13+,17-,18-,43?,44?/m101/s1. The van der Waals surface area contributed by atoms with Crippen LogP contribution in [0.5, 0.6) is 0 Å². The molecule has 9 aliphatic rings. The number of hydrogen-bond donors (Lipinski definition) is 15. The van der Waals surface area contributed by atoms with Gasteiger partial charge in [0, 0.05) is 25.2 Å². The van der Waals surface area contributed by atoms with Crippen molar-refractivity contribution in [1.82, 2.24) is 108 Å². The van der Waals surface area contributed by atoms with Gasteiger partial charge in [-0.3, -0.25) is 70.2 Å². The van der Waals surface area contributed by atoms with Crippen molar-refractivity contribution in [3.8, 4) is 0 Å². The van der Waals surface area contributed by atoms with Gasteiger partial charge in [0.05, 0.1) is 118 Å². The van der Waals surface area contributed by atoms with Gasteiger partial charge in [0.2, 0.25) is 17.8 Å². The van der Waals surface area contributed by atoms with E-state index in [0.717, 1.165) is 27.3 Å². The van der Waals surface area contributed by atoms with Gasteiger partial charge in [-0.05, 0) is 77.2 Å². The number of ether oxygens (including phenoxy) is 5. The highest BCUT2D eigenvalue weighted by molar-refractivity contribution is 8.44. The minimum absolute atomic E-state index is 0.0121. The van der Waals surface area contributed by atoms with Gasteiger partial charge in [-0.2, -0.15) is 24.7 Å². The summed E-state index contributed by atoms with van der Waals surface area (Å²) in [6.45, 7) is -29.1. The van der Waals surface area contributed by atoms with Crippen LogP contribution in [0.4, 0.5) is 56.9 Å². The molecule has 0 aliphatic carbocycles. The van der Waals surface area contributed by atoms with Gasteiger partial charge < -0.3 is 114 Å². The lowest BCUT2D eigenvalue weighted by molar-refractivity contribution is -0.118. The summed E-state index contributed by atoms with van der Waals surface area (Å²) in [5.74, 6) is -4.71. The van der Waals surface area contributed by atoms with Crippen LogP contribution < -0.4 is 51.1 Å². The molecule has 20 N–H and O–H groups in total. The van der Waals surface area contributed by atoms with Gasteiger partial charge in [-0.25, -0.2) is 65.9 Å². The molecule has 9 fully saturated rings. The largest absolute Gasteiger partial charge is 0.397 e. The number of fused-ring (bicyclic) bond motifs is 15. The summed E-state index contributed by atoms with van der Waals surface area (Å²) in [6.07, 6.45) is -17.0. The Hall–Kier alpha value is -7.41. The van der Waals surface area contributed by atoms with Crippen LogP contribution in [-0.4, -0.2) is 269 Å². The molecule has 0 radical (unpaired) electrons. The highest BCUT2D eigenvalue weighted by Gasteiger charge is 2.64. The van der Waals surface area contributed by atoms with Crippen molar-refractivity contribution in [3.05, 3.63) is 105 Å². The molecule has 27 atom stereocenters. The van der Waals surface area contributed by atoms with E-state index >= 15 is 22.0 Å². The molecule has 21 rings (SSSR count). The zero-order chi connectivity index (χ0) is 94.7. The lowest BCUT2D eigenvalue weighted by Crippen LogP contribution is -2.42. The maximum atomic E-state index is 16.0. The fraction of sp³-hybridized carbons (Fsp3) is 0.484. The summed E-state index contributed by atoms with van der Waals surface area (Å²) in [6, 6.07) is 4.61. The van der Waals surface area contributed by atoms with E-state index in [0.29, 0.717) is 28.2 Å². The number of thioether (sulfide) groups is 1. The lowest BCUT2D eigenvalue weighted by Gasteiger charge is -2.28. The molecular formula is C62H69F5N28O26P6S7. The Morgan fingerprint density at radius 1 is 0.470 bits per heavy atom. The summed E-state index contributed by atoms with van der Waals surface area (Å²) in [7, 11) is 0. The summed E-state index contributed by atoms with van der Waals surface area (Å²) >= 11 is 30.9. The van der Waals surface area contributed by atoms with Crippen LogP contribution in [0.1, 0.15) is 54.9 Å². The molecule has 21 heterocycles. The molecule has 9 aliphatic heterocycles. The Morgan fingerprint density at radius 3 is 1.60 bits per heavy atom. The number of H-pyrrole nitrogens is 3. The highest BCUT2D eigenvalue weighted by Crippen LogP contribution is 2.63. The van der Waals surface area contributed by atoms with E-state index < -0.39 is 217 Å². The molecule has 720 valence electrons. The Balaban J connectivity index is 0.000000129. The molecule has 0 spiro atoms. The van der Waals surface area contributed by atoms with Crippen LogP contribution in [0.2, 0.25) is 0 Å². The maximum absolute atomic E-state index is 16.0. The molecule has 9 saturated heterocycles. The fourth-order valence-electron chi connectivity index (χ4n) is 15.9. The average Bonchev–Trinajstić information content (AvgIpc) is 1.58. The first kappa shape index (κ1) is 95.5. The van der Waals surface area contributed by atoms with E-state index in [1.807, 2.05) is 0 Å². The summed E-state index contributed by atoms with van der Waals surface area (Å²) in [5, 5.41) is 9.94. The molecule has 134 heavy (non-hydrogen) atoms. The highest BCUT2D eigenvalue weighted by atomic mass is 32.7. The number of nitrogens with zero attached hydrogens (tertiary/aromatic N) is 19. The van der Waals surface area contributed by atoms with Crippen LogP contribution >= 0.6 is 64.4 Å². The molecule has 0 aromatic carbocycles. The number of aromatic amines is 3. The maximum Gasteiger partial charge on any atom is 0.386 e. The summed E-state index contributed by atoms with van der Waals surface area (Å²) < 4.78 is 197. The van der Waals surface area contributed by atoms with E-state index in [9.17, 15) is 43.4 Å². The molecule has 54 nitrogen and oxygen atoms in total. The first-order valence-electron chi connectivity index (χ1n) is 38.9. The van der Waals surface area contributed by atoms with Crippen molar-refractivity contribution < 1.29 is 129 Å². The van der Waals surface area contributed by atoms with E-state index in [1.165, 1.54) is 63.4 Å². The van der Waals surface area contributed by atoms with Crippen LogP contribution in [0, 0.1) is 0 Å². The predicted molar refractivity (Wildman–Crippen MR) is 473 cm³/mol. The van der Waals surface area contributed by atoms with Crippen LogP contribution in [0.3, 0.4) is 0 Å². The minimum Gasteiger partial charge on any atom is -0.397 e. The fourth-order valence-corrected chi connectivity index (χ4v) is 26.2. The topological polar surface area (TPSA) is 726 Å². The molecule has 12 aromatic rings. The molecule has 72 heteroatoms. The number of alkyl halides is 5. The zero-order valence-electron chi connectivity index (χ0n) is 66.9. The quantitative estimate of drug-likeness (QED) is 0.0646. The number of imidazole rings is 5. The van der Waals surface area contributed by atoms with Crippen molar-refractivity contribution in [1.29, 1.82) is 0 Å². The number of nitrogens with one attached hydrogen (secondary N) is 3. The van der Waals surface area contributed by atoms with E-state index in [4.69, 9.17) is 171 Å². The monoisotopic (exact) mass is 2130 g/mol. The van der Waals surface area contributed by atoms with E-state index in [2.05, 4.69) is 92.5 Å². The molecular weight excluding hydrogens is 2060 g/mol. The first-order chi connectivity index (χ1) is 63.4. The first-order valence-corrected chi connectivity index (χ1v) is 55.5. The third-order valence-corrected chi connectivity index (χ3v) is 32.8. The number of halogens is 5. The van der Waals surface area contributed by atoms with Crippen molar-refractivity contribution in [2.24, 2.45) is 0 Å². The smallest absolute Gasteiger partial charge is 0.386 e. The number of thiol groups is 1. The second-order valence-electron chi connectivity index (χ2n) is 30.5. The van der Waals surface area contributed by atoms with E-state index in [1.54, 1.807) is 16.8 Å². The van der Waals surface area contributed by atoms with Gasteiger partial charge in [0.1, 0.15) is 65.9 Å². The third kappa shape index (κ3) is 18.7. The van der Waals surface area contributed by atoms with Gasteiger partial charge in [-0.15, -0.1) is 16.9 Å². The molecule has 6 bridgehead atoms. The van der Waals surface area contributed by atoms with E-state index in [-0.39, 0.29) is 99.9 Å². The number of pyridine rings is 2. The van der Waals surface area contributed by atoms with Gasteiger partial charge in [0.15, 0.2) is 105 Å². The number of aromatic nitrogens is 22. The number of anilines is 6. The lowest BCUT2D eigenvalue weighted by atomic mass is 10.1.